The van der Waals surface area contributed by atoms with Crippen LogP contribution in [0.3, 0.4) is 0 Å². The van der Waals surface area contributed by atoms with Gasteiger partial charge in [0.05, 0.1) is 4.53 Å². The number of nitrogens with zero attached hydrogens (tertiary/aromatic N) is 1. The fourth-order valence-corrected chi connectivity index (χ4v) is 4.62. The van der Waals surface area contributed by atoms with Gasteiger partial charge in [-0.2, -0.15) is 0 Å². The van der Waals surface area contributed by atoms with Crippen molar-refractivity contribution >= 4 is 29.3 Å². The van der Waals surface area contributed by atoms with Gasteiger partial charge >= 0.3 is 0 Å². The molecule has 0 spiro atoms. The number of rotatable bonds is 2. The second kappa shape index (κ2) is 5.97. The highest BCUT2D eigenvalue weighted by atomic mass is 32.1. The molecule has 0 saturated carbocycles. The predicted molar refractivity (Wildman–Crippen MR) is 101 cm³/mol. The first-order chi connectivity index (χ1) is 12.1. The van der Waals surface area contributed by atoms with Gasteiger partial charge in [-0.3, -0.25) is 14.2 Å². The number of Topliss-reactive ketones (excluding diaryl/α,β-unsaturated/α-hetero) is 1. The van der Waals surface area contributed by atoms with Crippen LogP contribution in [-0.2, 0) is 6.54 Å². The zero-order valence-corrected chi connectivity index (χ0v) is 14.7. The first-order valence-electron chi connectivity index (χ1n) is 8.24. The molecule has 0 radical (unpaired) electrons. The quantitative estimate of drug-likeness (QED) is 0.715. The van der Waals surface area contributed by atoms with E-state index in [1.807, 2.05) is 61.5 Å². The Labute approximate surface area is 149 Å². The largest absolute Gasteiger partial charge is 0.299 e. The highest BCUT2D eigenvalue weighted by Crippen LogP contribution is 2.42. The predicted octanol–water partition coefficient (Wildman–Crippen LogP) is 2.52. The minimum absolute atomic E-state index is 0.00732. The summed E-state index contributed by atoms with van der Waals surface area (Å²) in [7, 11) is 0. The molecule has 3 nitrogen and oxygen atoms in total. The summed E-state index contributed by atoms with van der Waals surface area (Å²) in [6.45, 7) is 6.29. The Morgan fingerprint density at radius 2 is 1.72 bits per heavy atom. The topological polar surface area (TPSA) is 39.1 Å². The van der Waals surface area contributed by atoms with Crippen LogP contribution in [-0.4, -0.2) is 10.4 Å². The van der Waals surface area contributed by atoms with Crippen molar-refractivity contribution in [2.24, 2.45) is 0 Å². The highest BCUT2D eigenvalue weighted by molar-refractivity contribution is 7.07. The number of benzene rings is 2. The van der Waals surface area contributed by atoms with Crippen LogP contribution in [0.2, 0.25) is 0 Å². The second-order valence-electron chi connectivity index (χ2n) is 6.05. The number of ketones is 1. The van der Waals surface area contributed by atoms with E-state index >= 15 is 0 Å². The normalized spacial score (nSPS) is 18.4. The molecule has 1 heterocycles. The first kappa shape index (κ1) is 15.8. The van der Waals surface area contributed by atoms with Crippen LogP contribution in [0.25, 0.3) is 12.2 Å². The van der Waals surface area contributed by atoms with E-state index in [1.165, 1.54) is 11.3 Å². The Kier molecular flexibility index (Phi) is 3.77. The van der Waals surface area contributed by atoms with Gasteiger partial charge in [-0.15, -0.1) is 11.3 Å². The lowest BCUT2D eigenvalue weighted by molar-refractivity contribution is 0.105. The Hall–Kier alpha value is -2.72. The van der Waals surface area contributed by atoms with Gasteiger partial charge in [0.1, 0.15) is 4.66 Å². The summed E-state index contributed by atoms with van der Waals surface area (Å²) >= 11 is 1.32. The van der Waals surface area contributed by atoms with E-state index in [1.54, 1.807) is 4.57 Å². The fourth-order valence-electron chi connectivity index (χ4n) is 3.55. The van der Waals surface area contributed by atoms with Crippen LogP contribution in [0, 0.1) is 0 Å². The van der Waals surface area contributed by atoms with E-state index < -0.39 is 0 Å². The van der Waals surface area contributed by atoms with E-state index in [9.17, 15) is 9.59 Å². The molecule has 0 fully saturated rings. The van der Waals surface area contributed by atoms with Crippen molar-refractivity contribution < 1.29 is 4.79 Å². The smallest absolute Gasteiger partial charge is 0.268 e. The second-order valence-corrected chi connectivity index (χ2v) is 7.14. The number of thiazole rings is 1. The standard InChI is InChI=1S/C21H17NO2S/c1-3-22-20(24)13(2)25-21(22)18-17(14-9-5-4-6-10-14)15-11-7-8-12-16(15)19(18)23/h4-12,17H,2-3H2,1H3/b21-18+. The van der Waals surface area contributed by atoms with Crippen molar-refractivity contribution in [1.29, 1.82) is 0 Å². The number of fused-ring (bicyclic) bond motifs is 1. The summed E-state index contributed by atoms with van der Waals surface area (Å²) in [6.07, 6.45) is 0. The van der Waals surface area contributed by atoms with Crippen LogP contribution in [0.15, 0.2) is 59.4 Å². The molecule has 1 aliphatic rings. The molecule has 0 bridgehead atoms. The number of hydrogen-bond acceptors (Lipinski definition) is 3. The minimum atomic E-state index is -0.153. The Bertz CT molecular complexity index is 1140. The maximum atomic E-state index is 13.2. The summed E-state index contributed by atoms with van der Waals surface area (Å²) in [5, 5.41) is 0. The summed E-state index contributed by atoms with van der Waals surface area (Å²) in [6, 6.07) is 17.7. The summed E-state index contributed by atoms with van der Waals surface area (Å²) in [5.74, 6) is -0.145. The van der Waals surface area contributed by atoms with Gasteiger partial charge < -0.3 is 0 Å². The summed E-state index contributed by atoms with van der Waals surface area (Å²) in [4.78, 5) is 25.6. The SMILES string of the molecule is C=c1s/c(=C2/C(=O)c3ccccc3C2c2ccccc2)n(CC)c1=O. The summed E-state index contributed by atoms with van der Waals surface area (Å²) < 4.78 is 2.87. The van der Waals surface area contributed by atoms with Gasteiger partial charge in [0, 0.05) is 23.6 Å². The van der Waals surface area contributed by atoms with Crippen LogP contribution >= 0.6 is 11.3 Å². The average molecular weight is 347 g/mol. The van der Waals surface area contributed by atoms with Crippen LogP contribution < -0.4 is 14.8 Å². The van der Waals surface area contributed by atoms with E-state index in [2.05, 4.69) is 6.58 Å². The first-order valence-corrected chi connectivity index (χ1v) is 9.06. The third-order valence-electron chi connectivity index (χ3n) is 4.68. The molecule has 1 unspecified atom stereocenters. The van der Waals surface area contributed by atoms with Crippen molar-refractivity contribution in [2.45, 2.75) is 19.4 Å². The number of hydrogen-bond donors (Lipinski definition) is 0. The average Bonchev–Trinajstić information content (AvgIpc) is 3.10. The molecule has 1 aromatic heterocycles. The van der Waals surface area contributed by atoms with Gasteiger partial charge in [-0.05, 0) is 18.1 Å². The molecular formula is C21H17NO2S. The van der Waals surface area contributed by atoms with Crippen molar-refractivity contribution in [1.82, 2.24) is 4.57 Å². The molecule has 124 valence electrons. The number of carbonyl (C=O) groups excluding carboxylic acids is 1. The molecule has 4 heteroatoms. The molecule has 2 aromatic carbocycles. The third-order valence-corrected chi connectivity index (χ3v) is 5.73. The minimum Gasteiger partial charge on any atom is -0.299 e. The van der Waals surface area contributed by atoms with Gasteiger partial charge in [-0.25, -0.2) is 0 Å². The molecule has 1 atom stereocenters. The van der Waals surface area contributed by atoms with Crippen LogP contribution in [0.5, 0.6) is 0 Å². The Morgan fingerprint density at radius 3 is 2.44 bits per heavy atom. The Morgan fingerprint density at radius 1 is 1.04 bits per heavy atom. The monoisotopic (exact) mass is 347 g/mol. The van der Waals surface area contributed by atoms with Crippen molar-refractivity contribution in [3.63, 3.8) is 0 Å². The van der Waals surface area contributed by atoms with E-state index in [-0.39, 0.29) is 17.3 Å². The molecule has 4 rings (SSSR count). The molecule has 0 N–H and O–H groups in total. The lowest BCUT2D eigenvalue weighted by Gasteiger charge is -2.13. The fraction of sp³-hybridized carbons (Fsp3) is 0.143. The molecule has 0 aliphatic heterocycles. The van der Waals surface area contributed by atoms with Gasteiger partial charge in [0.15, 0.2) is 5.78 Å². The third kappa shape index (κ3) is 2.33. The lowest BCUT2D eigenvalue weighted by Crippen LogP contribution is -2.32. The van der Waals surface area contributed by atoms with E-state index in [0.717, 1.165) is 21.4 Å². The molecule has 0 amide bonds. The van der Waals surface area contributed by atoms with Crippen LogP contribution in [0.1, 0.15) is 34.3 Å². The molecule has 1 aliphatic carbocycles. The van der Waals surface area contributed by atoms with Gasteiger partial charge in [0.2, 0.25) is 0 Å². The zero-order valence-electron chi connectivity index (χ0n) is 13.9. The highest BCUT2D eigenvalue weighted by Gasteiger charge is 2.37. The van der Waals surface area contributed by atoms with Crippen molar-refractivity contribution in [2.75, 3.05) is 0 Å². The van der Waals surface area contributed by atoms with E-state index in [0.29, 0.717) is 16.7 Å². The maximum Gasteiger partial charge on any atom is 0.268 e. The van der Waals surface area contributed by atoms with E-state index in [4.69, 9.17) is 0 Å². The van der Waals surface area contributed by atoms with Gasteiger partial charge in [-0.1, -0.05) is 61.2 Å². The van der Waals surface area contributed by atoms with Crippen LogP contribution in [0.4, 0.5) is 0 Å². The molecule has 3 aromatic rings. The summed E-state index contributed by atoms with van der Waals surface area (Å²) in [5.41, 5.74) is 3.37. The lowest BCUT2D eigenvalue weighted by atomic mass is 9.90. The maximum absolute atomic E-state index is 13.2. The number of aromatic nitrogens is 1. The zero-order chi connectivity index (χ0) is 17.6. The van der Waals surface area contributed by atoms with Crippen molar-refractivity contribution in [3.8, 4) is 0 Å². The molecular weight excluding hydrogens is 330 g/mol. The van der Waals surface area contributed by atoms with Crippen molar-refractivity contribution in [3.05, 3.63) is 90.8 Å². The number of carbonyl (C=O) groups is 1. The molecule has 0 saturated heterocycles. The Balaban J connectivity index is 2.14. The molecule has 25 heavy (non-hydrogen) atoms. The van der Waals surface area contributed by atoms with Gasteiger partial charge in [0.25, 0.3) is 5.56 Å².